The Kier molecular flexibility index (Phi) is 5.84. The first-order valence-corrected chi connectivity index (χ1v) is 7.57. The fourth-order valence-corrected chi connectivity index (χ4v) is 2.79. The number of nitrogens with zero attached hydrogens (tertiary/aromatic N) is 1. The molecular weight excluding hydrogens is 256 g/mol. The molecule has 116 valence electrons. The molecule has 0 aromatic heterocycles. The van der Waals surface area contributed by atoms with Crippen LogP contribution in [0.5, 0.6) is 0 Å². The van der Waals surface area contributed by atoms with Gasteiger partial charge in [0.2, 0.25) is 0 Å². The van der Waals surface area contributed by atoms with Gasteiger partial charge in [-0.1, -0.05) is 33.6 Å². The first kappa shape index (κ1) is 16.8. The molecule has 5 nitrogen and oxygen atoms in total. The van der Waals surface area contributed by atoms with Crippen molar-refractivity contribution in [2.24, 2.45) is 5.41 Å². The van der Waals surface area contributed by atoms with Crippen molar-refractivity contribution >= 4 is 12.0 Å². The average molecular weight is 284 g/mol. The highest BCUT2D eigenvalue weighted by Gasteiger charge is 2.34. The molecule has 1 aliphatic carbocycles. The van der Waals surface area contributed by atoms with Gasteiger partial charge in [0.1, 0.15) is 6.54 Å². The van der Waals surface area contributed by atoms with Crippen molar-refractivity contribution < 1.29 is 14.7 Å². The number of nitrogens with one attached hydrogen (secondary N) is 1. The van der Waals surface area contributed by atoms with Gasteiger partial charge in [0.15, 0.2) is 0 Å². The molecule has 1 rings (SSSR count). The number of hydrogen-bond donors (Lipinski definition) is 2. The summed E-state index contributed by atoms with van der Waals surface area (Å²) in [6, 6.07) is -0.191. The lowest BCUT2D eigenvalue weighted by molar-refractivity contribution is -0.138. The van der Waals surface area contributed by atoms with Crippen molar-refractivity contribution in [2.75, 3.05) is 6.54 Å². The molecule has 20 heavy (non-hydrogen) atoms. The third-order valence-electron chi connectivity index (χ3n) is 4.49. The van der Waals surface area contributed by atoms with Crippen LogP contribution in [0, 0.1) is 5.41 Å². The van der Waals surface area contributed by atoms with Gasteiger partial charge in [-0.05, 0) is 31.6 Å². The molecular formula is C15H28N2O3. The van der Waals surface area contributed by atoms with Crippen LogP contribution < -0.4 is 5.32 Å². The van der Waals surface area contributed by atoms with E-state index in [9.17, 15) is 9.59 Å². The van der Waals surface area contributed by atoms with Crippen LogP contribution in [-0.4, -0.2) is 40.6 Å². The highest BCUT2D eigenvalue weighted by Crippen LogP contribution is 2.35. The van der Waals surface area contributed by atoms with Crippen molar-refractivity contribution in [3.63, 3.8) is 0 Å². The molecule has 1 fully saturated rings. The molecule has 2 unspecified atom stereocenters. The molecule has 0 aliphatic heterocycles. The molecule has 5 heteroatoms. The third kappa shape index (κ3) is 4.39. The molecule has 0 bridgehead atoms. The second-order valence-electron chi connectivity index (χ2n) is 6.52. The van der Waals surface area contributed by atoms with E-state index in [1.165, 1.54) is 11.3 Å². The Morgan fingerprint density at radius 3 is 2.55 bits per heavy atom. The lowest BCUT2D eigenvalue weighted by Crippen LogP contribution is -2.54. The maximum Gasteiger partial charge on any atom is 0.323 e. The van der Waals surface area contributed by atoms with E-state index in [2.05, 4.69) is 19.2 Å². The molecule has 0 saturated heterocycles. The molecule has 2 N–H and O–H groups in total. The Morgan fingerprint density at radius 2 is 2.05 bits per heavy atom. The highest BCUT2D eigenvalue weighted by molar-refractivity contribution is 5.80. The van der Waals surface area contributed by atoms with Gasteiger partial charge in [-0.15, -0.1) is 0 Å². The van der Waals surface area contributed by atoms with E-state index in [0.717, 1.165) is 25.7 Å². The summed E-state index contributed by atoms with van der Waals surface area (Å²) in [5.41, 5.74) is 0.0816. The maximum absolute atomic E-state index is 12.4. The normalized spacial score (nSPS) is 22.9. The van der Waals surface area contributed by atoms with E-state index in [1.807, 2.05) is 13.8 Å². The minimum absolute atomic E-state index is 0.0715. The molecule has 2 amide bonds. The van der Waals surface area contributed by atoms with E-state index < -0.39 is 5.97 Å². The lowest BCUT2D eigenvalue weighted by atomic mass is 9.73. The van der Waals surface area contributed by atoms with Crippen LogP contribution in [0.2, 0.25) is 0 Å². The number of carbonyl (C=O) groups is 2. The molecule has 0 radical (unpaired) electrons. The summed E-state index contributed by atoms with van der Waals surface area (Å²) in [6.07, 6.45) is 5.13. The number of rotatable bonds is 5. The monoisotopic (exact) mass is 284 g/mol. The second kappa shape index (κ2) is 6.95. The summed E-state index contributed by atoms with van der Waals surface area (Å²) >= 11 is 0. The van der Waals surface area contributed by atoms with Crippen LogP contribution in [0.1, 0.15) is 59.8 Å². The smallest absolute Gasteiger partial charge is 0.323 e. The summed E-state index contributed by atoms with van der Waals surface area (Å²) in [4.78, 5) is 24.7. The summed E-state index contributed by atoms with van der Waals surface area (Å²) in [5, 5.41) is 12.0. The van der Waals surface area contributed by atoms with E-state index >= 15 is 0 Å². The average Bonchev–Trinajstić information content (AvgIpc) is 2.37. The quantitative estimate of drug-likeness (QED) is 0.815. The summed E-state index contributed by atoms with van der Waals surface area (Å²) < 4.78 is 0. The van der Waals surface area contributed by atoms with Crippen LogP contribution in [0.3, 0.4) is 0 Å². The molecule has 1 saturated carbocycles. The fraction of sp³-hybridized carbons (Fsp3) is 0.867. The van der Waals surface area contributed by atoms with Crippen LogP contribution in [-0.2, 0) is 4.79 Å². The molecule has 0 aromatic carbocycles. The molecule has 2 atom stereocenters. The summed E-state index contributed by atoms with van der Waals surface area (Å²) in [6.45, 7) is 7.93. The van der Waals surface area contributed by atoms with E-state index in [0.29, 0.717) is 0 Å². The van der Waals surface area contributed by atoms with Gasteiger partial charge in [-0.25, -0.2) is 4.79 Å². The number of urea groups is 1. The van der Waals surface area contributed by atoms with Crippen molar-refractivity contribution in [2.45, 2.75) is 71.9 Å². The fourth-order valence-electron chi connectivity index (χ4n) is 2.79. The number of amides is 2. The Hall–Kier alpha value is -1.26. The first-order chi connectivity index (χ1) is 9.27. The maximum atomic E-state index is 12.4. The predicted molar refractivity (Wildman–Crippen MR) is 78.7 cm³/mol. The zero-order valence-electron chi connectivity index (χ0n) is 13.1. The van der Waals surface area contributed by atoms with Crippen molar-refractivity contribution in [1.82, 2.24) is 10.2 Å². The van der Waals surface area contributed by atoms with Gasteiger partial charge in [-0.2, -0.15) is 0 Å². The van der Waals surface area contributed by atoms with E-state index in [1.54, 1.807) is 0 Å². The lowest BCUT2D eigenvalue weighted by Gasteiger charge is -2.40. The highest BCUT2D eigenvalue weighted by atomic mass is 16.4. The van der Waals surface area contributed by atoms with Crippen molar-refractivity contribution in [1.29, 1.82) is 0 Å². The van der Waals surface area contributed by atoms with Gasteiger partial charge in [-0.3, -0.25) is 4.79 Å². The molecule has 0 aromatic rings. The SMILES string of the molecule is CCC(C)N(CC(=O)O)C(=O)NC1CCCCC1(C)C. The van der Waals surface area contributed by atoms with Crippen LogP contribution in [0.25, 0.3) is 0 Å². The van der Waals surface area contributed by atoms with Gasteiger partial charge in [0.05, 0.1) is 0 Å². The zero-order chi connectivity index (χ0) is 15.3. The molecule has 1 aliphatic rings. The second-order valence-corrected chi connectivity index (χ2v) is 6.52. The number of carbonyl (C=O) groups excluding carboxylic acids is 1. The van der Waals surface area contributed by atoms with E-state index in [-0.39, 0.29) is 30.1 Å². The summed E-state index contributed by atoms with van der Waals surface area (Å²) in [5.74, 6) is -0.969. The Bertz CT molecular complexity index is 355. The third-order valence-corrected chi connectivity index (χ3v) is 4.49. The molecule has 0 heterocycles. The minimum atomic E-state index is -0.969. The molecule has 0 spiro atoms. The largest absolute Gasteiger partial charge is 0.480 e. The van der Waals surface area contributed by atoms with Gasteiger partial charge < -0.3 is 15.3 Å². The topological polar surface area (TPSA) is 69.6 Å². The van der Waals surface area contributed by atoms with Crippen molar-refractivity contribution in [3.8, 4) is 0 Å². The number of aliphatic carboxylic acids is 1. The Balaban J connectivity index is 2.72. The van der Waals surface area contributed by atoms with Crippen LogP contribution in [0.15, 0.2) is 0 Å². The zero-order valence-corrected chi connectivity index (χ0v) is 13.1. The standard InChI is InChI=1S/C15H28N2O3/c1-5-11(2)17(10-13(18)19)14(20)16-12-8-6-7-9-15(12,3)4/h11-12H,5-10H2,1-4H3,(H,16,20)(H,18,19). The van der Waals surface area contributed by atoms with Crippen molar-refractivity contribution in [3.05, 3.63) is 0 Å². The van der Waals surface area contributed by atoms with Gasteiger partial charge in [0.25, 0.3) is 0 Å². The minimum Gasteiger partial charge on any atom is -0.480 e. The Morgan fingerprint density at radius 1 is 1.40 bits per heavy atom. The van der Waals surface area contributed by atoms with Gasteiger partial charge >= 0.3 is 12.0 Å². The predicted octanol–water partition coefficient (Wildman–Crippen LogP) is 2.85. The van der Waals surface area contributed by atoms with Gasteiger partial charge in [0, 0.05) is 12.1 Å². The summed E-state index contributed by atoms with van der Waals surface area (Å²) in [7, 11) is 0. The van der Waals surface area contributed by atoms with Crippen LogP contribution >= 0.6 is 0 Å². The van der Waals surface area contributed by atoms with Crippen LogP contribution in [0.4, 0.5) is 4.79 Å². The number of hydrogen-bond acceptors (Lipinski definition) is 2. The van der Waals surface area contributed by atoms with E-state index in [4.69, 9.17) is 5.11 Å². The Labute approximate surface area is 121 Å². The number of carboxylic acids is 1. The first-order valence-electron chi connectivity index (χ1n) is 7.57. The number of carboxylic acid groups (broad SMARTS) is 1.